The standard InChI is InChI=1S/C20H36N6OS/c1-21-19(23-13-6-14-27-15-16-10-11-16)22-12-5-9-18-24-25-20(28-2)26(18)17-7-3-4-8-17/h16-17H,3-15H2,1-2H3,(H2,21,22,23). The highest BCUT2D eigenvalue weighted by molar-refractivity contribution is 7.98. The molecule has 2 aliphatic carbocycles. The van der Waals surface area contributed by atoms with Gasteiger partial charge in [0, 0.05) is 45.8 Å². The van der Waals surface area contributed by atoms with Crippen molar-refractivity contribution < 1.29 is 4.74 Å². The van der Waals surface area contributed by atoms with E-state index in [4.69, 9.17) is 4.74 Å². The maximum atomic E-state index is 5.67. The van der Waals surface area contributed by atoms with Gasteiger partial charge in [-0.2, -0.15) is 0 Å². The molecular formula is C20H36N6OS. The number of aromatic nitrogens is 3. The molecule has 0 spiro atoms. The van der Waals surface area contributed by atoms with Gasteiger partial charge in [-0.25, -0.2) is 0 Å². The number of ether oxygens (including phenoxy) is 1. The second-order valence-electron chi connectivity index (χ2n) is 7.81. The van der Waals surface area contributed by atoms with Gasteiger partial charge in [0.05, 0.1) is 0 Å². The number of aliphatic imine (C=N–C) groups is 1. The minimum absolute atomic E-state index is 0.594. The molecule has 2 aliphatic rings. The number of rotatable bonds is 12. The molecule has 0 saturated heterocycles. The third kappa shape index (κ3) is 6.65. The predicted molar refractivity (Wildman–Crippen MR) is 115 cm³/mol. The fourth-order valence-electron chi connectivity index (χ4n) is 3.74. The number of thioether (sulfide) groups is 1. The van der Waals surface area contributed by atoms with Gasteiger partial charge in [-0.15, -0.1) is 10.2 Å². The Morgan fingerprint density at radius 2 is 1.89 bits per heavy atom. The first-order valence-corrected chi connectivity index (χ1v) is 12.0. The van der Waals surface area contributed by atoms with Crippen molar-refractivity contribution in [3.8, 4) is 0 Å². The van der Waals surface area contributed by atoms with Gasteiger partial charge in [0.1, 0.15) is 5.82 Å². The average molecular weight is 409 g/mol. The Morgan fingerprint density at radius 1 is 1.14 bits per heavy atom. The molecule has 2 fully saturated rings. The third-order valence-electron chi connectivity index (χ3n) is 5.51. The highest BCUT2D eigenvalue weighted by atomic mass is 32.2. The van der Waals surface area contributed by atoms with E-state index in [0.29, 0.717) is 6.04 Å². The molecule has 1 aromatic rings. The molecule has 0 amide bonds. The lowest BCUT2D eigenvalue weighted by Crippen LogP contribution is -2.38. The number of aryl methyl sites for hydroxylation is 1. The Morgan fingerprint density at radius 3 is 2.57 bits per heavy atom. The van der Waals surface area contributed by atoms with Crippen molar-refractivity contribution in [2.75, 3.05) is 39.6 Å². The van der Waals surface area contributed by atoms with Gasteiger partial charge in [-0.05, 0) is 50.7 Å². The Bertz CT molecular complexity index is 610. The van der Waals surface area contributed by atoms with E-state index >= 15 is 0 Å². The molecule has 2 saturated carbocycles. The molecular weight excluding hydrogens is 372 g/mol. The second kappa shape index (κ2) is 11.7. The van der Waals surface area contributed by atoms with Crippen LogP contribution in [0.2, 0.25) is 0 Å². The zero-order valence-corrected chi connectivity index (χ0v) is 18.3. The Balaban J connectivity index is 1.32. The van der Waals surface area contributed by atoms with Crippen LogP contribution in [0.5, 0.6) is 0 Å². The van der Waals surface area contributed by atoms with Gasteiger partial charge in [0.15, 0.2) is 11.1 Å². The monoisotopic (exact) mass is 408 g/mol. The number of nitrogens with one attached hydrogen (secondary N) is 2. The van der Waals surface area contributed by atoms with E-state index in [1.54, 1.807) is 11.8 Å². The van der Waals surface area contributed by atoms with Gasteiger partial charge in [0.2, 0.25) is 0 Å². The molecule has 0 aromatic carbocycles. The largest absolute Gasteiger partial charge is 0.381 e. The summed E-state index contributed by atoms with van der Waals surface area (Å²) in [6.45, 7) is 3.53. The summed E-state index contributed by atoms with van der Waals surface area (Å²) in [5.41, 5.74) is 0. The molecule has 3 rings (SSSR count). The van der Waals surface area contributed by atoms with Crippen molar-refractivity contribution >= 4 is 17.7 Å². The summed E-state index contributed by atoms with van der Waals surface area (Å²) in [7, 11) is 1.82. The number of nitrogens with zero attached hydrogens (tertiary/aromatic N) is 4. The van der Waals surface area contributed by atoms with Crippen LogP contribution in [0.3, 0.4) is 0 Å². The van der Waals surface area contributed by atoms with E-state index in [2.05, 4.69) is 36.6 Å². The Kier molecular flexibility index (Phi) is 8.92. The maximum absolute atomic E-state index is 5.67. The van der Waals surface area contributed by atoms with E-state index in [1.807, 2.05) is 7.05 Å². The summed E-state index contributed by atoms with van der Waals surface area (Å²) < 4.78 is 8.06. The fourth-order valence-corrected chi connectivity index (χ4v) is 4.31. The first-order chi connectivity index (χ1) is 13.8. The van der Waals surface area contributed by atoms with Crippen molar-refractivity contribution in [2.24, 2.45) is 10.9 Å². The molecule has 0 bridgehead atoms. The van der Waals surface area contributed by atoms with Crippen LogP contribution < -0.4 is 10.6 Å². The molecule has 0 atom stereocenters. The summed E-state index contributed by atoms with van der Waals surface area (Å²) in [6, 6.07) is 0.594. The molecule has 158 valence electrons. The molecule has 1 aromatic heterocycles. The quantitative estimate of drug-likeness (QED) is 0.240. The van der Waals surface area contributed by atoms with Crippen LogP contribution in [0.25, 0.3) is 0 Å². The van der Waals surface area contributed by atoms with Gasteiger partial charge >= 0.3 is 0 Å². The van der Waals surface area contributed by atoms with Gasteiger partial charge < -0.3 is 19.9 Å². The number of hydrogen-bond donors (Lipinski definition) is 2. The van der Waals surface area contributed by atoms with E-state index < -0.39 is 0 Å². The lowest BCUT2D eigenvalue weighted by molar-refractivity contribution is 0.123. The van der Waals surface area contributed by atoms with E-state index in [9.17, 15) is 0 Å². The summed E-state index contributed by atoms with van der Waals surface area (Å²) in [4.78, 5) is 4.30. The van der Waals surface area contributed by atoms with Crippen LogP contribution in [-0.2, 0) is 11.2 Å². The van der Waals surface area contributed by atoms with Crippen LogP contribution in [-0.4, -0.2) is 60.3 Å². The summed E-state index contributed by atoms with van der Waals surface area (Å²) in [5, 5.41) is 16.7. The first kappa shape index (κ1) is 21.4. The molecule has 7 nitrogen and oxygen atoms in total. The van der Waals surface area contributed by atoms with Gasteiger partial charge in [-0.1, -0.05) is 24.6 Å². The lowest BCUT2D eigenvalue weighted by Gasteiger charge is -2.16. The van der Waals surface area contributed by atoms with E-state index in [0.717, 1.165) is 68.4 Å². The topological polar surface area (TPSA) is 76.4 Å². The highest BCUT2D eigenvalue weighted by Crippen LogP contribution is 2.33. The molecule has 28 heavy (non-hydrogen) atoms. The molecule has 0 unspecified atom stereocenters. The van der Waals surface area contributed by atoms with Crippen LogP contribution in [0.15, 0.2) is 10.1 Å². The molecule has 1 heterocycles. The normalized spacial score (nSPS) is 18.0. The summed E-state index contributed by atoms with van der Waals surface area (Å²) in [6.07, 6.45) is 12.9. The van der Waals surface area contributed by atoms with Crippen molar-refractivity contribution in [3.05, 3.63) is 5.82 Å². The van der Waals surface area contributed by atoms with Crippen LogP contribution in [0, 0.1) is 5.92 Å². The SMILES string of the molecule is CN=C(NCCCOCC1CC1)NCCCc1nnc(SC)n1C1CCCC1. The minimum Gasteiger partial charge on any atom is -0.381 e. The van der Waals surface area contributed by atoms with Crippen molar-refractivity contribution in [3.63, 3.8) is 0 Å². The average Bonchev–Trinajstić information content (AvgIpc) is 3.21. The predicted octanol–water partition coefficient (Wildman–Crippen LogP) is 3.03. The van der Waals surface area contributed by atoms with E-state index in [-0.39, 0.29) is 0 Å². The van der Waals surface area contributed by atoms with Gasteiger partial charge in [0.25, 0.3) is 0 Å². The Labute approximate surface area is 173 Å². The van der Waals surface area contributed by atoms with Crippen molar-refractivity contribution in [2.45, 2.75) is 69.0 Å². The maximum Gasteiger partial charge on any atom is 0.191 e. The summed E-state index contributed by atoms with van der Waals surface area (Å²) in [5.74, 6) is 2.84. The third-order valence-corrected chi connectivity index (χ3v) is 6.15. The van der Waals surface area contributed by atoms with Gasteiger partial charge in [-0.3, -0.25) is 4.99 Å². The van der Waals surface area contributed by atoms with E-state index in [1.165, 1.54) is 38.5 Å². The Hall–Kier alpha value is -1.28. The summed E-state index contributed by atoms with van der Waals surface area (Å²) >= 11 is 1.70. The van der Waals surface area contributed by atoms with Crippen molar-refractivity contribution in [1.29, 1.82) is 0 Å². The molecule has 0 aliphatic heterocycles. The molecule has 0 radical (unpaired) electrons. The second-order valence-corrected chi connectivity index (χ2v) is 8.59. The zero-order valence-electron chi connectivity index (χ0n) is 17.5. The highest BCUT2D eigenvalue weighted by Gasteiger charge is 2.23. The fraction of sp³-hybridized carbons (Fsp3) is 0.850. The molecule has 2 N–H and O–H groups in total. The smallest absolute Gasteiger partial charge is 0.191 e. The minimum atomic E-state index is 0.594. The number of guanidine groups is 1. The van der Waals surface area contributed by atoms with Crippen LogP contribution in [0.1, 0.15) is 63.2 Å². The zero-order chi connectivity index (χ0) is 19.6. The molecule has 8 heteroatoms. The van der Waals surface area contributed by atoms with Crippen LogP contribution >= 0.6 is 11.8 Å². The first-order valence-electron chi connectivity index (χ1n) is 10.8. The van der Waals surface area contributed by atoms with Crippen molar-refractivity contribution in [1.82, 2.24) is 25.4 Å². The lowest BCUT2D eigenvalue weighted by atomic mass is 10.2. The number of hydrogen-bond acceptors (Lipinski definition) is 5. The van der Waals surface area contributed by atoms with Crippen LogP contribution in [0.4, 0.5) is 0 Å².